The highest BCUT2D eigenvalue weighted by atomic mass is 32.2. The lowest BCUT2D eigenvalue weighted by Crippen LogP contribution is -2.19. The van der Waals surface area contributed by atoms with Gasteiger partial charge in [0.25, 0.3) is 5.91 Å². The predicted molar refractivity (Wildman–Crippen MR) is 48.4 cm³/mol. The van der Waals surface area contributed by atoms with Crippen LogP contribution in [-0.2, 0) is 9.84 Å². The van der Waals surface area contributed by atoms with Crippen molar-refractivity contribution in [1.82, 2.24) is 10.2 Å². The third kappa shape index (κ3) is 1.87. The van der Waals surface area contributed by atoms with Crippen LogP contribution in [0.1, 0.15) is 16.1 Å². The zero-order valence-corrected chi connectivity index (χ0v) is 8.50. The highest BCUT2D eigenvalue weighted by molar-refractivity contribution is 7.90. The summed E-state index contributed by atoms with van der Waals surface area (Å²) in [5.41, 5.74) is 5.02. The Bertz CT molecular complexity index is 481. The lowest BCUT2D eigenvalue weighted by molar-refractivity contribution is 0.0991. The molecule has 0 fully saturated rings. The van der Waals surface area contributed by atoms with Gasteiger partial charge in [-0.2, -0.15) is 5.10 Å². The van der Waals surface area contributed by atoms with E-state index in [2.05, 4.69) is 10.2 Å². The zero-order valence-electron chi connectivity index (χ0n) is 7.68. The highest BCUT2D eigenvalue weighted by Gasteiger charge is 2.21. The number of primary amides is 1. The van der Waals surface area contributed by atoms with Crippen molar-refractivity contribution < 1.29 is 13.2 Å². The molecule has 1 aromatic heterocycles. The van der Waals surface area contributed by atoms with E-state index in [1.165, 1.54) is 13.1 Å². The number of aromatic nitrogens is 2. The third-order valence-electron chi connectivity index (χ3n) is 1.59. The SMILES string of the molecule is Cc1cnnc(C(N)=O)c1S(C)(=O)=O. The molecule has 1 amide bonds. The normalized spacial score (nSPS) is 11.3. The maximum Gasteiger partial charge on any atom is 0.270 e. The van der Waals surface area contributed by atoms with Crippen molar-refractivity contribution in [1.29, 1.82) is 0 Å². The molecule has 2 N–H and O–H groups in total. The molecule has 1 rings (SSSR count). The van der Waals surface area contributed by atoms with Gasteiger partial charge in [-0.25, -0.2) is 8.42 Å². The van der Waals surface area contributed by atoms with E-state index in [-0.39, 0.29) is 10.6 Å². The minimum atomic E-state index is -3.51. The first-order valence-corrected chi connectivity index (χ1v) is 5.55. The third-order valence-corrected chi connectivity index (χ3v) is 2.84. The second kappa shape index (κ2) is 3.33. The van der Waals surface area contributed by atoms with Gasteiger partial charge in [0.05, 0.1) is 6.20 Å². The maximum absolute atomic E-state index is 11.3. The summed E-state index contributed by atoms with van der Waals surface area (Å²) in [5, 5.41) is 6.87. The Hall–Kier alpha value is -1.50. The summed E-state index contributed by atoms with van der Waals surface area (Å²) < 4.78 is 22.6. The summed E-state index contributed by atoms with van der Waals surface area (Å²) in [6.45, 7) is 1.53. The van der Waals surface area contributed by atoms with Crippen LogP contribution in [0.25, 0.3) is 0 Å². The Labute approximate surface area is 81.1 Å². The molecule has 0 bridgehead atoms. The predicted octanol–water partition coefficient (Wildman–Crippen LogP) is -0.713. The summed E-state index contributed by atoms with van der Waals surface area (Å²) in [6.07, 6.45) is 2.26. The molecule has 0 aliphatic heterocycles. The van der Waals surface area contributed by atoms with Gasteiger partial charge in [-0.05, 0) is 12.5 Å². The first-order valence-electron chi connectivity index (χ1n) is 3.66. The summed E-state index contributed by atoms with van der Waals surface area (Å²) in [5.74, 6) is -0.901. The smallest absolute Gasteiger partial charge is 0.270 e. The van der Waals surface area contributed by atoms with E-state index >= 15 is 0 Å². The molecule has 76 valence electrons. The molecule has 0 unspecified atom stereocenters. The van der Waals surface area contributed by atoms with Crippen LogP contribution in [0.15, 0.2) is 11.1 Å². The van der Waals surface area contributed by atoms with Gasteiger partial charge >= 0.3 is 0 Å². The Morgan fingerprint density at radius 3 is 2.43 bits per heavy atom. The zero-order chi connectivity index (χ0) is 10.9. The Morgan fingerprint density at radius 2 is 2.07 bits per heavy atom. The van der Waals surface area contributed by atoms with Crippen LogP contribution in [0.4, 0.5) is 0 Å². The minimum absolute atomic E-state index is 0.153. The van der Waals surface area contributed by atoms with Crippen molar-refractivity contribution in [2.24, 2.45) is 5.73 Å². The number of sulfone groups is 1. The number of nitrogens with two attached hydrogens (primary N) is 1. The Kier molecular flexibility index (Phi) is 2.52. The first kappa shape index (κ1) is 10.6. The average Bonchev–Trinajstić information content (AvgIpc) is 2.01. The van der Waals surface area contributed by atoms with Gasteiger partial charge in [0, 0.05) is 6.26 Å². The van der Waals surface area contributed by atoms with E-state index in [4.69, 9.17) is 5.73 Å². The molecule has 0 aromatic carbocycles. The van der Waals surface area contributed by atoms with Crippen LogP contribution in [0.2, 0.25) is 0 Å². The topological polar surface area (TPSA) is 103 Å². The van der Waals surface area contributed by atoms with Gasteiger partial charge in [-0.3, -0.25) is 4.79 Å². The van der Waals surface area contributed by atoms with Crippen molar-refractivity contribution >= 4 is 15.7 Å². The summed E-state index contributed by atoms with van der Waals surface area (Å²) in [6, 6.07) is 0. The molecule has 0 spiro atoms. The molecule has 1 aromatic rings. The largest absolute Gasteiger partial charge is 0.364 e. The van der Waals surface area contributed by atoms with Crippen LogP contribution in [-0.4, -0.2) is 30.8 Å². The number of carbonyl (C=O) groups is 1. The number of hydrogen-bond donors (Lipinski definition) is 1. The van der Waals surface area contributed by atoms with Crippen LogP contribution in [0.3, 0.4) is 0 Å². The average molecular weight is 215 g/mol. The van der Waals surface area contributed by atoms with E-state index in [0.717, 1.165) is 6.26 Å². The molecular formula is C7H9N3O3S. The molecule has 0 saturated heterocycles. The van der Waals surface area contributed by atoms with E-state index in [9.17, 15) is 13.2 Å². The number of nitrogens with zero attached hydrogens (tertiary/aromatic N) is 2. The number of aryl methyl sites for hydroxylation is 1. The number of amides is 1. The minimum Gasteiger partial charge on any atom is -0.364 e. The molecule has 6 nitrogen and oxygen atoms in total. The van der Waals surface area contributed by atoms with Gasteiger partial charge < -0.3 is 5.73 Å². The fourth-order valence-corrected chi connectivity index (χ4v) is 2.22. The first-order chi connectivity index (χ1) is 6.34. The molecule has 0 saturated carbocycles. The highest BCUT2D eigenvalue weighted by Crippen LogP contribution is 2.16. The fourth-order valence-electron chi connectivity index (χ4n) is 1.09. The summed E-state index contributed by atoms with van der Waals surface area (Å²) in [4.78, 5) is 10.7. The quantitative estimate of drug-likeness (QED) is 0.701. The monoisotopic (exact) mass is 215 g/mol. The fraction of sp³-hybridized carbons (Fsp3) is 0.286. The number of rotatable bonds is 2. The molecule has 0 radical (unpaired) electrons. The van der Waals surface area contributed by atoms with E-state index in [1.54, 1.807) is 0 Å². The molecule has 0 aliphatic carbocycles. The van der Waals surface area contributed by atoms with E-state index in [0.29, 0.717) is 5.56 Å². The maximum atomic E-state index is 11.3. The molecule has 14 heavy (non-hydrogen) atoms. The van der Waals surface area contributed by atoms with Gasteiger partial charge in [-0.1, -0.05) is 0 Å². The van der Waals surface area contributed by atoms with Gasteiger partial charge in [0.2, 0.25) is 0 Å². The van der Waals surface area contributed by atoms with E-state index in [1.807, 2.05) is 0 Å². The summed E-state index contributed by atoms with van der Waals surface area (Å²) in [7, 11) is -3.51. The molecular weight excluding hydrogens is 206 g/mol. The lowest BCUT2D eigenvalue weighted by Gasteiger charge is -2.05. The molecule has 0 atom stereocenters. The second-order valence-electron chi connectivity index (χ2n) is 2.84. The van der Waals surface area contributed by atoms with Crippen molar-refractivity contribution in [2.75, 3.05) is 6.26 Å². The molecule has 7 heteroatoms. The lowest BCUT2D eigenvalue weighted by atomic mass is 10.3. The van der Waals surface area contributed by atoms with Gasteiger partial charge in [-0.15, -0.1) is 5.10 Å². The van der Waals surface area contributed by atoms with Crippen LogP contribution >= 0.6 is 0 Å². The van der Waals surface area contributed by atoms with Crippen molar-refractivity contribution in [3.63, 3.8) is 0 Å². The van der Waals surface area contributed by atoms with Crippen LogP contribution < -0.4 is 5.73 Å². The van der Waals surface area contributed by atoms with Crippen LogP contribution in [0.5, 0.6) is 0 Å². The standard InChI is InChI=1S/C7H9N3O3S/c1-4-3-9-10-5(7(8)11)6(4)14(2,12)13/h3H,1-2H3,(H2,8,11). The molecule has 1 heterocycles. The second-order valence-corrected chi connectivity index (χ2v) is 4.79. The number of carbonyl (C=O) groups excluding carboxylic acids is 1. The Balaban J connectivity index is 3.62. The summed E-state index contributed by atoms with van der Waals surface area (Å²) >= 11 is 0. The van der Waals surface area contributed by atoms with Crippen molar-refractivity contribution in [3.05, 3.63) is 17.5 Å². The van der Waals surface area contributed by atoms with Crippen molar-refractivity contribution in [2.45, 2.75) is 11.8 Å². The molecule has 0 aliphatic rings. The van der Waals surface area contributed by atoms with Crippen molar-refractivity contribution in [3.8, 4) is 0 Å². The Morgan fingerprint density at radius 1 is 1.50 bits per heavy atom. The van der Waals surface area contributed by atoms with E-state index < -0.39 is 15.7 Å². The van der Waals surface area contributed by atoms with Crippen LogP contribution in [0, 0.1) is 6.92 Å². The number of hydrogen-bond acceptors (Lipinski definition) is 5. The van der Waals surface area contributed by atoms with Gasteiger partial charge in [0.15, 0.2) is 15.5 Å². The van der Waals surface area contributed by atoms with Gasteiger partial charge in [0.1, 0.15) is 4.90 Å².